The third-order valence-corrected chi connectivity index (χ3v) is 8.91. The number of H-pyrrole nitrogens is 1. The zero-order valence-electron chi connectivity index (χ0n) is 28.5. The average Bonchev–Trinajstić information content (AvgIpc) is 3.63. The molecule has 3 N–H and O–H groups in total. The average molecular weight is 753 g/mol. The summed E-state index contributed by atoms with van der Waals surface area (Å²) in [6.45, 7) is 0. The number of ether oxygens (including phenoxy) is 1. The van der Waals surface area contributed by atoms with E-state index < -0.39 is 76.7 Å². The van der Waals surface area contributed by atoms with Crippen molar-refractivity contribution in [2.75, 3.05) is 0 Å². The van der Waals surface area contributed by atoms with Crippen LogP contribution < -0.4 is 15.4 Å². The number of aliphatic imine (C=N–C) groups is 1. The first-order valence-corrected chi connectivity index (χ1v) is 16.7. The van der Waals surface area contributed by atoms with E-state index in [2.05, 4.69) is 20.6 Å². The number of halogens is 5. The van der Waals surface area contributed by atoms with Crippen LogP contribution in [0, 0.1) is 29.1 Å². The Morgan fingerprint density at radius 1 is 0.709 bits per heavy atom. The molecule has 55 heavy (non-hydrogen) atoms. The molecule has 0 aliphatic heterocycles. The molecule has 278 valence electrons. The van der Waals surface area contributed by atoms with E-state index in [4.69, 9.17) is 4.74 Å². The predicted molar refractivity (Wildman–Crippen MR) is 190 cm³/mol. The van der Waals surface area contributed by atoms with Crippen molar-refractivity contribution >= 4 is 34.8 Å². The molecule has 0 bridgehead atoms. The molecule has 0 saturated heterocycles. The van der Waals surface area contributed by atoms with Crippen LogP contribution in [0.4, 0.5) is 22.0 Å². The maximum atomic E-state index is 14.7. The van der Waals surface area contributed by atoms with Gasteiger partial charge in [-0.25, -0.2) is 22.8 Å². The highest BCUT2D eigenvalue weighted by Crippen LogP contribution is 2.37. The van der Waals surface area contributed by atoms with Gasteiger partial charge in [-0.15, -0.1) is 0 Å². The zero-order chi connectivity index (χ0) is 39.1. The SMILES string of the molecule is O=C=N[C@H](Cc1c[nH]c2ccccc12)C(=O)N[C@@H](CC(=O)NC(c1ccccc1)(c1ccccc1)c1ccccc1)C(=O)Oc1c(F)c(F)c(F)c(F)c1F. The van der Waals surface area contributed by atoms with Crippen molar-refractivity contribution in [3.63, 3.8) is 0 Å². The van der Waals surface area contributed by atoms with Crippen molar-refractivity contribution in [2.24, 2.45) is 4.99 Å². The second kappa shape index (κ2) is 16.4. The number of aromatic nitrogens is 1. The van der Waals surface area contributed by atoms with Crippen LogP contribution >= 0.6 is 0 Å². The summed E-state index contributed by atoms with van der Waals surface area (Å²) in [4.78, 5) is 59.7. The molecule has 0 aliphatic carbocycles. The number of esters is 1. The summed E-state index contributed by atoms with van der Waals surface area (Å²) in [6, 6.07) is 29.6. The number of aromatic amines is 1. The van der Waals surface area contributed by atoms with Crippen molar-refractivity contribution in [3.8, 4) is 5.75 Å². The van der Waals surface area contributed by atoms with Gasteiger partial charge in [0.25, 0.3) is 0 Å². The van der Waals surface area contributed by atoms with Gasteiger partial charge in [-0.3, -0.25) is 9.59 Å². The highest BCUT2D eigenvalue weighted by atomic mass is 19.2. The zero-order valence-corrected chi connectivity index (χ0v) is 28.5. The number of hydrogen-bond acceptors (Lipinski definition) is 6. The summed E-state index contributed by atoms with van der Waals surface area (Å²) in [5.74, 6) is -18.0. The highest BCUT2D eigenvalue weighted by Gasteiger charge is 2.40. The molecule has 14 heteroatoms. The first-order chi connectivity index (χ1) is 26.5. The minimum atomic E-state index is -2.50. The standard InChI is InChI=1S/C41H29F5N4O5/c42-33-34(43)36(45)38(37(46)35(33)44)55-40(54)31(49-39(53)30(48-23-51)20-24-22-47-29-19-11-10-18-28(24)29)21-32(52)50-41(25-12-4-1-5-13-25,26-14-6-2-7-15-26)27-16-8-3-9-17-27/h1-19,22,30-31,47H,20-21H2,(H,49,53)(H,50,52)/t30-,31+/m1/s1. The number of nitrogens with one attached hydrogen (secondary N) is 3. The molecule has 5 aromatic carbocycles. The van der Waals surface area contributed by atoms with Gasteiger partial charge in [-0.1, -0.05) is 109 Å². The summed E-state index contributed by atoms with van der Waals surface area (Å²) in [6.07, 6.45) is 1.67. The number of benzene rings is 5. The topological polar surface area (TPSA) is 130 Å². The molecule has 1 heterocycles. The molecule has 9 nitrogen and oxygen atoms in total. The second-order valence-electron chi connectivity index (χ2n) is 12.3. The first-order valence-electron chi connectivity index (χ1n) is 16.7. The van der Waals surface area contributed by atoms with Crippen molar-refractivity contribution in [2.45, 2.75) is 30.5 Å². The summed E-state index contributed by atoms with van der Waals surface area (Å²) >= 11 is 0. The molecule has 1 aromatic heterocycles. The van der Waals surface area contributed by atoms with Gasteiger partial charge in [0.2, 0.25) is 52.7 Å². The molecule has 2 amide bonds. The third kappa shape index (κ3) is 7.75. The molecule has 2 atom stereocenters. The van der Waals surface area contributed by atoms with E-state index in [1.54, 1.807) is 121 Å². The van der Waals surface area contributed by atoms with E-state index in [9.17, 15) is 41.1 Å². The fourth-order valence-electron chi connectivity index (χ4n) is 6.30. The van der Waals surface area contributed by atoms with Crippen molar-refractivity contribution < 1.29 is 45.9 Å². The van der Waals surface area contributed by atoms with Gasteiger partial charge in [0.05, 0.1) is 6.42 Å². The number of hydrogen-bond donors (Lipinski definition) is 3. The highest BCUT2D eigenvalue weighted by molar-refractivity contribution is 5.93. The minimum Gasteiger partial charge on any atom is -0.418 e. The number of isocyanates is 1. The van der Waals surface area contributed by atoms with Gasteiger partial charge in [-0.2, -0.15) is 13.8 Å². The molecular weight excluding hydrogens is 723 g/mol. The summed E-state index contributed by atoms with van der Waals surface area (Å²) < 4.78 is 76.0. The number of rotatable bonds is 13. The normalized spacial score (nSPS) is 12.3. The molecule has 6 aromatic rings. The maximum Gasteiger partial charge on any atom is 0.334 e. The van der Waals surface area contributed by atoms with Crippen molar-refractivity contribution in [1.29, 1.82) is 0 Å². The number of nitrogens with zero attached hydrogens (tertiary/aromatic N) is 1. The molecule has 0 aliphatic rings. The summed E-state index contributed by atoms with van der Waals surface area (Å²) in [5, 5.41) is 5.87. The van der Waals surface area contributed by atoms with E-state index >= 15 is 0 Å². The van der Waals surface area contributed by atoms with E-state index in [1.165, 1.54) is 6.08 Å². The molecule has 0 unspecified atom stereocenters. The van der Waals surface area contributed by atoms with E-state index in [0.29, 0.717) is 33.2 Å². The van der Waals surface area contributed by atoms with Crippen LogP contribution in [0.15, 0.2) is 126 Å². The summed E-state index contributed by atoms with van der Waals surface area (Å²) in [5.41, 5.74) is 1.52. The van der Waals surface area contributed by atoms with Gasteiger partial charge >= 0.3 is 5.97 Å². The van der Waals surface area contributed by atoms with Crippen LogP contribution in [0.25, 0.3) is 10.9 Å². The smallest absolute Gasteiger partial charge is 0.334 e. The van der Waals surface area contributed by atoms with Gasteiger partial charge in [0.15, 0.2) is 0 Å². The summed E-state index contributed by atoms with van der Waals surface area (Å²) in [7, 11) is 0. The second-order valence-corrected chi connectivity index (χ2v) is 12.3. The Morgan fingerprint density at radius 3 is 1.73 bits per heavy atom. The Labute approximate surface area is 309 Å². The van der Waals surface area contributed by atoms with Gasteiger partial charge in [0.1, 0.15) is 17.6 Å². The fraction of sp³-hybridized carbons (Fsp3) is 0.122. The largest absolute Gasteiger partial charge is 0.418 e. The molecule has 6 rings (SSSR count). The molecule has 0 fully saturated rings. The lowest BCUT2D eigenvalue weighted by Crippen LogP contribution is -2.53. The van der Waals surface area contributed by atoms with E-state index in [0.717, 1.165) is 0 Å². The number of amides is 2. The van der Waals surface area contributed by atoms with Gasteiger partial charge in [0, 0.05) is 23.5 Å². The number of carbonyl (C=O) groups is 3. The molecule has 0 spiro atoms. The monoisotopic (exact) mass is 752 g/mol. The van der Waals surface area contributed by atoms with E-state index in [1.807, 2.05) is 0 Å². The first kappa shape index (κ1) is 37.8. The molecule has 0 saturated carbocycles. The van der Waals surface area contributed by atoms with E-state index in [-0.39, 0.29) is 6.42 Å². The number of carbonyl (C=O) groups excluding carboxylic acids is 4. The quantitative estimate of drug-likeness (QED) is 0.0177. The fourth-order valence-corrected chi connectivity index (χ4v) is 6.30. The minimum absolute atomic E-state index is 0.212. The van der Waals surface area contributed by atoms with Crippen LogP contribution in [0.5, 0.6) is 5.75 Å². The van der Waals surface area contributed by atoms with Crippen LogP contribution in [-0.2, 0) is 31.1 Å². The lowest BCUT2D eigenvalue weighted by Gasteiger charge is -2.37. The maximum absolute atomic E-state index is 14.7. The number of para-hydroxylation sites is 1. The molecular formula is C41H29F5N4O5. The Hall–Kier alpha value is -6.92. The van der Waals surface area contributed by atoms with Crippen molar-refractivity contribution in [3.05, 3.63) is 173 Å². The van der Waals surface area contributed by atoms with Crippen molar-refractivity contribution in [1.82, 2.24) is 15.6 Å². The molecule has 0 radical (unpaired) electrons. The van der Waals surface area contributed by atoms with Crippen LogP contribution in [-0.4, -0.2) is 40.9 Å². The number of fused-ring (bicyclic) bond motifs is 1. The van der Waals surface area contributed by atoms with Gasteiger partial charge in [-0.05, 0) is 28.3 Å². The Kier molecular flexibility index (Phi) is 11.3. The Balaban J connectivity index is 1.38. The van der Waals surface area contributed by atoms with Crippen LogP contribution in [0.1, 0.15) is 28.7 Å². The Morgan fingerprint density at radius 2 is 1.20 bits per heavy atom. The third-order valence-electron chi connectivity index (χ3n) is 8.91. The van der Waals surface area contributed by atoms with Gasteiger partial charge < -0.3 is 20.4 Å². The van der Waals surface area contributed by atoms with Crippen LogP contribution in [0.3, 0.4) is 0 Å². The lowest BCUT2D eigenvalue weighted by molar-refractivity contribution is -0.142. The van der Waals surface area contributed by atoms with Crippen LogP contribution in [0.2, 0.25) is 0 Å². The Bertz CT molecular complexity index is 2280. The lowest BCUT2D eigenvalue weighted by atomic mass is 9.77. The predicted octanol–water partition coefficient (Wildman–Crippen LogP) is 6.70.